The fourth-order valence-corrected chi connectivity index (χ4v) is 2.99. The van der Waals surface area contributed by atoms with Crippen LogP contribution in [0.3, 0.4) is 0 Å². The maximum Gasteiger partial charge on any atom is 0.219 e. The lowest BCUT2D eigenvalue weighted by molar-refractivity contribution is -0.127. The minimum absolute atomic E-state index is 0.164. The molecule has 0 radical (unpaired) electrons. The van der Waals surface area contributed by atoms with Gasteiger partial charge in [0.2, 0.25) is 5.91 Å². The Hall–Kier alpha value is -1.84. The van der Waals surface area contributed by atoms with Crippen molar-refractivity contribution in [2.45, 2.75) is 26.2 Å². The summed E-state index contributed by atoms with van der Waals surface area (Å²) < 4.78 is 2.18. The zero-order valence-electron chi connectivity index (χ0n) is 11.7. The van der Waals surface area contributed by atoms with Crippen molar-refractivity contribution in [2.24, 2.45) is 7.05 Å². The molecule has 0 aliphatic carbocycles. The van der Waals surface area contributed by atoms with Gasteiger partial charge in [0, 0.05) is 33.0 Å². The first-order valence-corrected chi connectivity index (χ1v) is 6.75. The van der Waals surface area contributed by atoms with E-state index >= 15 is 0 Å². The third-order valence-electron chi connectivity index (χ3n) is 4.15. The summed E-state index contributed by atoms with van der Waals surface area (Å²) in [6, 6.07) is 6.27. The SMILES string of the molecule is CC(=O)N1CCC(c2nc3c(C)cccc3n2C)C1. The van der Waals surface area contributed by atoms with Crippen molar-refractivity contribution in [3.63, 3.8) is 0 Å². The molecule has 1 saturated heterocycles. The van der Waals surface area contributed by atoms with Crippen LogP contribution in [0.25, 0.3) is 11.0 Å². The van der Waals surface area contributed by atoms with Crippen LogP contribution in [0, 0.1) is 6.92 Å². The Kier molecular flexibility index (Phi) is 2.81. The monoisotopic (exact) mass is 257 g/mol. The highest BCUT2D eigenvalue weighted by molar-refractivity contribution is 5.79. The number of carbonyl (C=O) groups is 1. The number of aromatic nitrogens is 2. The Morgan fingerprint density at radius 3 is 2.84 bits per heavy atom. The van der Waals surface area contributed by atoms with Crippen LogP contribution in [-0.2, 0) is 11.8 Å². The van der Waals surface area contributed by atoms with E-state index in [9.17, 15) is 4.79 Å². The molecule has 4 heteroatoms. The Morgan fingerprint density at radius 1 is 1.42 bits per heavy atom. The molecule has 2 heterocycles. The van der Waals surface area contributed by atoms with Gasteiger partial charge in [0.15, 0.2) is 0 Å². The van der Waals surface area contributed by atoms with Gasteiger partial charge in [-0.1, -0.05) is 12.1 Å². The van der Waals surface area contributed by atoms with Gasteiger partial charge in [-0.3, -0.25) is 4.79 Å². The first-order chi connectivity index (χ1) is 9.08. The van der Waals surface area contributed by atoms with E-state index in [4.69, 9.17) is 4.98 Å². The quantitative estimate of drug-likeness (QED) is 0.785. The van der Waals surface area contributed by atoms with Crippen LogP contribution in [0.4, 0.5) is 0 Å². The van der Waals surface area contributed by atoms with E-state index < -0.39 is 0 Å². The summed E-state index contributed by atoms with van der Waals surface area (Å²) in [5, 5.41) is 0. The van der Waals surface area contributed by atoms with E-state index in [1.54, 1.807) is 6.92 Å². The zero-order valence-corrected chi connectivity index (χ0v) is 11.7. The predicted octanol–water partition coefficient (Wildman–Crippen LogP) is 2.22. The highest BCUT2D eigenvalue weighted by Crippen LogP contribution is 2.29. The van der Waals surface area contributed by atoms with Gasteiger partial charge in [-0.15, -0.1) is 0 Å². The molecule has 3 rings (SSSR count). The number of nitrogens with zero attached hydrogens (tertiary/aromatic N) is 3. The van der Waals surface area contributed by atoms with Crippen molar-refractivity contribution in [1.82, 2.24) is 14.5 Å². The van der Waals surface area contributed by atoms with Crippen LogP contribution >= 0.6 is 0 Å². The summed E-state index contributed by atoms with van der Waals surface area (Å²) in [6.45, 7) is 5.38. The molecule has 0 spiro atoms. The Balaban J connectivity index is 2.00. The number of hydrogen-bond donors (Lipinski definition) is 0. The molecule has 1 aromatic carbocycles. The number of hydrogen-bond acceptors (Lipinski definition) is 2. The van der Waals surface area contributed by atoms with Crippen molar-refractivity contribution < 1.29 is 4.79 Å². The molecule has 1 unspecified atom stereocenters. The molecular weight excluding hydrogens is 238 g/mol. The van der Waals surface area contributed by atoms with Gasteiger partial charge in [0.25, 0.3) is 0 Å². The van der Waals surface area contributed by atoms with Gasteiger partial charge in [0.05, 0.1) is 11.0 Å². The molecule has 19 heavy (non-hydrogen) atoms. The lowest BCUT2D eigenvalue weighted by Crippen LogP contribution is -2.25. The molecule has 0 N–H and O–H groups in total. The van der Waals surface area contributed by atoms with E-state index in [1.165, 1.54) is 11.1 Å². The Bertz CT molecular complexity index is 644. The maximum absolute atomic E-state index is 11.4. The molecule has 1 aliphatic heterocycles. The van der Waals surface area contributed by atoms with E-state index in [2.05, 4.69) is 36.7 Å². The lowest BCUT2D eigenvalue weighted by Gasteiger charge is -2.13. The summed E-state index contributed by atoms with van der Waals surface area (Å²) in [7, 11) is 2.07. The van der Waals surface area contributed by atoms with Crippen LogP contribution in [0.1, 0.15) is 30.7 Å². The molecule has 2 aromatic rings. The van der Waals surface area contributed by atoms with Gasteiger partial charge in [-0.25, -0.2) is 4.98 Å². The van der Waals surface area contributed by atoms with Gasteiger partial charge >= 0.3 is 0 Å². The third kappa shape index (κ3) is 1.91. The number of likely N-dealkylation sites (tertiary alicyclic amines) is 1. The number of aryl methyl sites for hydroxylation is 2. The molecule has 1 aliphatic rings. The first kappa shape index (κ1) is 12.2. The molecule has 1 atom stereocenters. The number of para-hydroxylation sites is 1. The van der Waals surface area contributed by atoms with Crippen molar-refractivity contribution in [3.8, 4) is 0 Å². The van der Waals surface area contributed by atoms with Crippen molar-refractivity contribution in [1.29, 1.82) is 0 Å². The van der Waals surface area contributed by atoms with E-state index in [-0.39, 0.29) is 5.91 Å². The second-order valence-corrected chi connectivity index (χ2v) is 5.42. The average Bonchev–Trinajstić information content (AvgIpc) is 2.96. The highest BCUT2D eigenvalue weighted by atomic mass is 16.2. The molecule has 0 bridgehead atoms. The Morgan fingerprint density at radius 2 is 2.21 bits per heavy atom. The first-order valence-electron chi connectivity index (χ1n) is 6.75. The molecule has 0 saturated carbocycles. The van der Waals surface area contributed by atoms with Gasteiger partial charge in [0.1, 0.15) is 5.82 Å². The van der Waals surface area contributed by atoms with E-state index in [0.29, 0.717) is 5.92 Å². The average molecular weight is 257 g/mol. The minimum Gasteiger partial charge on any atom is -0.342 e. The molecule has 1 fully saturated rings. The number of imidazole rings is 1. The number of rotatable bonds is 1. The van der Waals surface area contributed by atoms with E-state index in [0.717, 1.165) is 30.9 Å². The van der Waals surface area contributed by atoms with Crippen LogP contribution in [0.2, 0.25) is 0 Å². The van der Waals surface area contributed by atoms with E-state index in [1.807, 2.05) is 4.90 Å². The maximum atomic E-state index is 11.4. The normalized spacial score (nSPS) is 19.3. The summed E-state index contributed by atoms with van der Waals surface area (Å²) in [4.78, 5) is 18.2. The molecule has 1 amide bonds. The number of benzene rings is 1. The summed E-state index contributed by atoms with van der Waals surface area (Å²) in [5.41, 5.74) is 3.47. The predicted molar refractivity (Wildman–Crippen MR) is 75.1 cm³/mol. The van der Waals surface area contributed by atoms with Crippen molar-refractivity contribution in [3.05, 3.63) is 29.6 Å². The fraction of sp³-hybridized carbons (Fsp3) is 0.467. The van der Waals surface area contributed by atoms with Gasteiger partial charge in [-0.05, 0) is 25.0 Å². The second-order valence-electron chi connectivity index (χ2n) is 5.42. The summed E-state index contributed by atoms with van der Waals surface area (Å²) in [5.74, 6) is 1.63. The standard InChI is InChI=1S/C15H19N3O/c1-10-5-4-6-13-14(10)16-15(17(13)3)12-7-8-18(9-12)11(2)19/h4-6,12H,7-9H2,1-3H3. The van der Waals surface area contributed by atoms with Gasteiger partial charge in [-0.2, -0.15) is 0 Å². The molecule has 100 valence electrons. The van der Waals surface area contributed by atoms with Crippen LogP contribution < -0.4 is 0 Å². The summed E-state index contributed by atoms with van der Waals surface area (Å²) >= 11 is 0. The van der Waals surface area contributed by atoms with Crippen molar-refractivity contribution >= 4 is 16.9 Å². The molecule has 1 aromatic heterocycles. The Labute approximate surface area is 113 Å². The summed E-state index contributed by atoms with van der Waals surface area (Å²) in [6.07, 6.45) is 1.01. The van der Waals surface area contributed by atoms with Crippen LogP contribution in [0.5, 0.6) is 0 Å². The van der Waals surface area contributed by atoms with Crippen molar-refractivity contribution in [2.75, 3.05) is 13.1 Å². The number of fused-ring (bicyclic) bond motifs is 1. The van der Waals surface area contributed by atoms with Crippen LogP contribution in [-0.4, -0.2) is 33.4 Å². The smallest absolute Gasteiger partial charge is 0.219 e. The largest absolute Gasteiger partial charge is 0.342 e. The van der Waals surface area contributed by atoms with Gasteiger partial charge < -0.3 is 9.47 Å². The topological polar surface area (TPSA) is 38.1 Å². The number of carbonyl (C=O) groups excluding carboxylic acids is 1. The fourth-order valence-electron chi connectivity index (χ4n) is 2.99. The molecule has 4 nitrogen and oxygen atoms in total. The second kappa shape index (κ2) is 4.37. The highest BCUT2D eigenvalue weighted by Gasteiger charge is 2.28. The number of amides is 1. The minimum atomic E-state index is 0.164. The molecular formula is C15H19N3O. The lowest BCUT2D eigenvalue weighted by atomic mass is 10.1. The third-order valence-corrected chi connectivity index (χ3v) is 4.15. The zero-order chi connectivity index (χ0) is 13.6. The van der Waals surface area contributed by atoms with Crippen LogP contribution in [0.15, 0.2) is 18.2 Å².